The van der Waals surface area contributed by atoms with Crippen molar-refractivity contribution < 1.29 is 26.3 Å². The number of hydrogen-bond donors (Lipinski definition) is 0. The molecule has 1 aromatic carbocycles. The molecule has 26 heavy (non-hydrogen) atoms. The number of sulfonamides is 1. The predicted molar refractivity (Wildman–Crippen MR) is 86.7 cm³/mol. The second-order valence-electron chi connectivity index (χ2n) is 5.90. The summed E-state index contributed by atoms with van der Waals surface area (Å²) in [5, 5.41) is 7.48. The standard InChI is InChI=1S/C16H16F3N3O3S/c17-16(18,19)13-5-3-12(4-6-13)11-26(23,24)22-9-7-14(10-22)25-15-2-1-8-20-21-15/h1-6,8,14H,7,9-11H2. The Morgan fingerprint density at radius 2 is 1.92 bits per heavy atom. The lowest BCUT2D eigenvalue weighted by atomic mass is 10.1. The number of halogens is 3. The number of rotatable bonds is 5. The lowest BCUT2D eigenvalue weighted by molar-refractivity contribution is -0.137. The molecule has 2 aromatic rings. The maximum Gasteiger partial charge on any atom is 0.416 e. The van der Waals surface area contributed by atoms with Gasteiger partial charge in [-0.05, 0) is 30.2 Å². The fraction of sp³-hybridized carbons (Fsp3) is 0.375. The lowest BCUT2D eigenvalue weighted by Crippen LogP contribution is -2.32. The molecule has 140 valence electrons. The number of alkyl halides is 3. The van der Waals surface area contributed by atoms with E-state index in [9.17, 15) is 21.6 Å². The Morgan fingerprint density at radius 3 is 2.54 bits per heavy atom. The third kappa shape index (κ3) is 4.50. The van der Waals surface area contributed by atoms with E-state index >= 15 is 0 Å². The molecule has 10 heteroatoms. The van der Waals surface area contributed by atoms with E-state index in [2.05, 4.69) is 10.2 Å². The number of nitrogens with zero attached hydrogens (tertiary/aromatic N) is 3. The topological polar surface area (TPSA) is 72.4 Å². The van der Waals surface area contributed by atoms with Gasteiger partial charge in [0.05, 0.1) is 17.9 Å². The van der Waals surface area contributed by atoms with E-state index in [1.54, 1.807) is 12.1 Å². The largest absolute Gasteiger partial charge is 0.472 e. The monoisotopic (exact) mass is 387 g/mol. The van der Waals surface area contributed by atoms with Crippen molar-refractivity contribution in [2.75, 3.05) is 13.1 Å². The summed E-state index contributed by atoms with van der Waals surface area (Å²) >= 11 is 0. The Morgan fingerprint density at radius 1 is 1.19 bits per heavy atom. The second kappa shape index (κ2) is 7.20. The first-order valence-electron chi connectivity index (χ1n) is 7.82. The fourth-order valence-corrected chi connectivity index (χ4v) is 4.23. The van der Waals surface area contributed by atoms with Crippen LogP contribution in [0.1, 0.15) is 17.5 Å². The summed E-state index contributed by atoms with van der Waals surface area (Å²) in [4.78, 5) is 0. The van der Waals surface area contributed by atoms with E-state index in [-0.39, 0.29) is 24.9 Å². The number of hydrogen-bond acceptors (Lipinski definition) is 5. The number of ether oxygens (including phenoxy) is 1. The zero-order valence-electron chi connectivity index (χ0n) is 13.6. The predicted octanol–water partition coefficient (Wildman–Crippen LogP) is 2.48. The van der Waals surface area contributed by atoms with Gasteiger partial charge in [-0.2, -0.15) is 22.6 Å². The maximum atomic E-state index is 12.6. The minimum absolute atomic E-state index is 0.166. The quantitative estimate of drug-likeness (QED) is 0.788. The Hall–Kier alpha value is -2.20. The van der Waals surface area contributed by atoms with Crippen LogP contribution in [0.2, 0.25) is 0 Å². The summed E-state index contributed by atoms with van der Waals surface area (Å²) in [6.45, 7) is 0.452. The summed E-state index contributed by atoms with van der Waals surface area (Å²) in [5.41, 5.74) is -0.506. The van der Waals surface area contributed by atoms with Gasteiger partial charge in [-0.15, -0.1) is 5.10 Å². The van der Waals surface area contributed by atoms with Crippen LogP contribution in [-0.2, 0) is 22.0 Å². The SMILES string of the molecule is O=S(=O)(Cc1ccc(C(F)(F)F)cc1)N1CCC(Oc2cccnn2)C1. The van der Waals surface area contributed by atoms with Gasteiger partial charge in [0.15, 0.2) is 0 Å². The van der Waals surface area contributed by atoms with Crippen molar-refractivity contribution in [3.8, 4) is 5.88 Å². The molecule has 1 unspecified atom stereocenters. The highest BCUT2D eigenvalue weighted by molar-refractivity contribution is 7.88. The zero-order valence-corrected chi connectivity index (χ0v) is 14.4. The minimum Gasteiger partial charge on any atom is -0.472 e. The first-order chi connectivity index (χ1) is 12.2. The molecule has 0 amide bonds. The number of aromatic nitrogens is 2. The highest BCUT2D eigenvalue weighted by atomic mass is 32.2. The van der Waals surface area contributed by atoms with Crippen molar-refractivity contribution in [2.24, 2.45) is 0 Å². The molecule has 0 spiro atoms. The van der Waals surface area contributed by atoms with Crippen molar-refractivity contribution in [1.29, 1.82) is 0 Å². The van der Waals surface area contributed by atoms with Gasteiger partial charge in [0.25, 0.3) is 0 Å². The fourth-order valence-electron chi connectivity index (χ4n) is 2.66. The molecule has 3 rings (SSSR count). The molecular formula is C16H16F3N3O3S. The summed E-state index contributed by atoms with van der Waals surface area (Å²) in [7, 11) is -3.65. The summed E-state index contributed by atoms with van der Waals surface area (Å²) < 4.78 is 69.6. The summed E-state index contributed by atoms with van der Waals surface area (Å²) in [6, 6.07) is 7.43. The molecule has 1 saturated heterocycles. The molecule has 1 fully saturated rings. The van der Waals surface area contributed by atoms with Gasteiger partial charge in [0.2, 0.25) is 15.9 Å². The smallest absolute Gasteiger partial charge is 0.416 e. The van der Waals surface area contributed by atoms with Crippen molar-refractivity contribution in [2.45, 2.75) is 24.5 Å². The van der Waals surface area contributed by atoms with Crippen LogP contribution in [0.3, 0.4) is 0 Å². The van der Waals surface area contributed by atoms with Crippen LogP contribution in [0, 0.1) is 0 Å². The molecule has 1 aliphatic heterocycles. The van der Waals surface area contributed by atoms with Gasteiger partial charge in [-0.1, -0.05) is 12.1 Å². The van der Waals surface area contributed by atoms with Crippen LogP contribution in [-0.4, -0.2) is 42.1 Å². The molecule has 6 nitrogen and oxygen atoms in total. The highest BCUT2D eigenvalue weighted by Gasteiger charge is 2.33. The third-order valence-electron chi connectivity index (χ3n) is 3.97. The zero-order chi connectivity index (χ0) is 18.8. The van der Waals surface area contributed by atoms with Crippen molar-refractivity contribution in [1.82, 2.24) is 14.5 Å². The molecule has 1 atom stereocenters. The minimum atomic E-state index is -4.45. The Bertz CT molecular complexity index is 843. The van der Waals surface area contributed by atoms with Gasteiger partial charge < -0.3 is 4.74 Å². The average molecular weight is 387 g/mol. The molecule has 0 bridgehead atoms. The van der Waals surface area contributed by atoms with Crippen molar-refractivity contribution in [3.05, 3.63) is 53.7 Å². The van der Waals surface area contributed by atoms with Crippen LogP contribution in [0.15, 0.2) is 42.6 Å². The van der Waals surface area contributed by atoms with Crippen LogP contribution in [0.5, 0.6) is 5.88 Å². The van der Waals surface area contributed by atoms with E-state index in [1.165, 1.54) is 22.6 Å². The molecule has 2 heterocycles. The summed E-state index contributed by atoms with van der Waals surface area (Å²) in [5.74, 6) is -0.0392. The number of benzene rings is 1. The van der Waals surface area contributed by atoms with E-state index in [4.69, 9.17) is 4.74 Å². The average Bonchev–Trinajstić information content (AvgIpc) is 3.04. The molecule has 1 aromatic heterocycles. The molecule has 0 aliphatic carbocycles. The van der Waals surface area contributed by atoms with Gasteiger partial charge in [-0.25, -0.2) is 8.42 Å². The van der Waals surface area contributed by atoms with Crippen LogP contribution in [0.4, 0.5) is 13.2 Å². The van der Waals surface area contributed by atoms with Crippen LogP contribution < -0.4 is 4.74 Å². The Labute approximate surface area is 148 Å². The Balaban J connectivity index is 1.62. The van der Waals surface area contributed by atoms with Gasteiger partial charge in [0.1, 0.15) is 6.10 Å². The maximum absolute atomic E-state index is 12.6. The van der Waals surface area contributed by atoms with Crippen LogP contribution in [0.25, 0.3) is 0 Å². The molecular weight excluding hydrogens is 371 g/mol. The Kier molecular flexibility index (Phi) is 5.15. The van der Waals surface area contributed by atoms with Crippen molar-refractivity contribution in [3.63, 3.8) is 0 Å². The summed E-state index contributed by atoms with van der Waals surface area (Å²) in [6.07, 6.45) is -2.78. The first kappa shape index (κ1) is 18.6. The van der Waals surface area contributed by atoms with Gasteiger partial charge >= 0.3 is 6.18 Å². The van der Waals surface area contributed by atoms with E-state index in [1.807, 2.05) is 0 Å². The van der Waals surface area contributed by atoms with Gasteiger partial charge in [-0.3, -0.25) is 0 Å². The molecule has 0 saturated carbocycles. The van der Waals surface area contributed by atoms with E-state index < -0.39 is 21.8 Å². The highest BCUT2D eigenvalue weighted by Crippen LogP contribution is 2.29. The normalized spacial score (nSPS) is 18.8. The van der Waals surface area contributed by atoms with E-state index in [0.29, 0.717) is 17.9 Å². The van der Waals surface area contributed by atoms with Gasteiger partial charge in [0, 0.05) is 18.8 Å². The third-order valence-corrected chi connectivity index (χ3v) is 5.78. The van der Waals surface area contributed by atoms with Crippen LogP contribution >= 0.6 is 0 Å². The lowest BCUT2D eigenvalue weighted by Gasteiger charge is -2.17. The second-order valence-corrected chi connectivity index (χ2v) is 7.87. The van der Waals surface area contributed by atoms with E-state index in [0.717, 1.165) is 12.1 Å². The first-order valence-corrected chi connectivity index (χ1v) is 9.43. The van der Waals surface area contributed by atoms with Crippen molar-refractivity contribution >= 4 is 10.0 Å². The molecule has 1 aliphatic rings. The molecule has 0 radical (unpaired) electrons. The molecule has 0 N–H and O–H groups in total.